The van der Waals surface area contributed by atoms with Crippen molar-refractivity contribution in [1.82, 2.24) is 5.32 Å². The average molecular weight is 563 g/mol. The molecule has 21 heteroatoms. The fourth-order valence-corrected chi connectivity index (χ4v) is 2.61. The maximum atomic E-state index is 13.5. The summed E-state index contributed by atoms with van der Waals surface area (Å²) in [5.74, 6) is -52.2. The van der Waals surface area contributed by atoms with E-state index in [-0.39, 0.29) is 6.42 Å². The highest BCUT2D eigenvalue weighted by Crippen LogP contribution is 2.63. The number of halogens is 16. The molecule has 4 N–H and O–H groups in total. The molecule has 0 aliphatic carbocycles. The van der Waals surface area contributed by atoms with Gasteiger partial charge in [-0.15, -0.1) is 0 Å². The summed E-state index contributed by atoms with van der Waals surface area (Å²) in [4.78, 5) is 25.9. The van der Waals surface area contributed by atoms with Crippen LogP contribution in [0, 0.1) is 0 Å². The third-order valence-corrected chi connectivity index (χ3v) is 4.94. The van der Waals surface area contributed by atoms with Crippen molar-refractivity contribution in [3.63, 3.8) is 0 Å². The van der Waals surface area contributed by atoms with E-state index in [0.29, 0.717) is 0 Å². The molecule has 0 bridgehead atoms. The van der Waals surface area contributed by atoms with Crippen LogP contribution >= 0.6 is 0 Å². The highest BCUT2D eigenvalue weighted by molar-refractivity contribution is 6.56. The zero-order valence-electron chi connectivity index (χ0n) is 15.8. The van der Waals surface area contributed by atoms with Crippen molar-refractivity contribution in [1.29, 1.82) is 0 Å². The first-order valence-electron chi connectivity index (χ1n) is 8.20. The lowest BCUT2D eigenvalue weighted by Gasteiger charge is -2.41. The number of rotatable bonds is 12. The van der Waals surface area contributed by atoms with Crippen LogP contribution in [-0.4, -0.2) is 78.0 Å². The van der Waals surface area contributed by atoms with Crippen LogP contribution in [0.25, 0.3) is 0 Å². The van der Waals surface area contributed by atoms with Gasteiger partial charge >= 0.3 is 50.5 Å². The first-order valence-corrected chi connectivity index (χ1v) is 10.3. The fraction of sp³-hybridized carbons (Fsp3) is 0.846. The second kappa shape index (κ2) is 9.62. The molecule has 0 spiro atoms. The average Bonchev–Trinajstić information content (AvgIpc) is 2.61. The van der Waals surface area contributed by atoms with E-state index < -0.39 is 81.6 Å². The van der Waals surface area contributed by atoms with Crippen molar-refractivity contribution >= 4 is 8.80 Å². The monoisotopic (exact) mass is 563 g/mol. The molecule has 0 heterocycles. The van der Waals surface area contributed by atoms with E-state index in [9.17, 15) is 70.2 Å². The van der Waals surface area contributed by atoms with E-state index in [1.54, 1.807) is 0 Å². The van der Waals surface area contributed by atoms with Crippen LogP contribution in [0.4, 0.5) is 70.2 Å². The summed E-state index contributed by atoms with van der Waals surface area (Å²) in [6.45, 7) is -1.81. The molecule has 0 saturated heterocycles. The Morgan fingerprint density at radius 2 is 1.03 bits per heavy atom. The van der Waals surface area contributed by atoms with Crippen LogP contribution < -0.4 is 5.32 Å². The van der Waals surface area contributed by atoms with Crippen LogP contribution in [-0.2, 0) is 0 Å². The molecule has 0 aromatic carbocycles. The molecule has 0 saturated carbocycles. The lowest BCUT2D eigenvalue weighted by Crippen LogP contribution is -2.72. The molecule has 204 valence electrons. The number of alkyl halides is 15. The van der Waals surface area contributed by atoms with Gasteiger partial charge in [-0.3, -0.25) is 0 Å². The highest BCUT2D eigenvalue weighted by Gasteiger charge is 2.93. The molecule has 0 aliphatic heterocycles. The van der Waals surface area contributed by atoms with Crippen molar-refractivity contribution < 1.29 is 84.6 Å². The Balaban J connectivity index is 5.95. The summed E-state index contributed by atoms with van der Waals surface area (Å²) in [5.41, 5.74) is 0. The summed E-state index contributed by atoms with van der Waals surface area (Å²) in [7, 11) is -4.56. The summed E-state index contributed by atoms with van der Waals surface area (Å²) in [6, 6.07) is -0.682. The van der Waals surface area contributed by atoms with Crippen molar-refractivity contribution in [3.8, 4) is 0 Å². The lowest BCUT2D eigenvalue weighted by molar-refractivity contribution is -0.450. The third kappa shape index (κ3) is 5.73. The van der Waals surface area contributed by atoms with Gasteiger partial charge in [-0.2, -0.15) is 65.9 Å². The smallest absolute Gasteiger partial charge is 0.390 e. The summed E-state index contributed by atoms with van der Waals surface area (Å²) < 4.78 is 208. The topological polar surface area (TPSA) is 72.7 Å². The van der Waals surface area contributed by atoms with Crippen LogP contribution in [0.1, 0.15) is 6.42 Å². The Bertz CT molecular complexity index is 731. The van der Waals surface area contributed by atoms with E-state index >= 15 is 0 Å². The molecule has 0 fully saturated rings. The molecule has 0 aliphatic rings. The number of hydrogen-bond acceptors (Lipinski definition) is 4. The normalized spacial score (nSPS) is 16.3. The van der Waals surface area contributed by atoms with Gasteiger partial charge in [0.15, 0.2) is 5.83 Å². The zero-order valence-corrected chi connectivity index (χ0v) is 16.8. The second-order valence-electron chi connectivity index (χ2n) is 6.58. The summed E-state index contributed by atoms with van der Waals surface area (Å²) in [6.07, 6.45) is -8.81. The van der Waals surface area contributed by atoms with E-state index in [1.807, 2.05) is 5.32 Å². The van der Waals surface area contributed by atoms with E-state index in [2.05, 4.69) is 0 Å². The van der Waals surface area contributed by atoms with E-state index in [4.69, 9.17) is 14.4 Å². The Hall–Kier alpha value is -1.32. The largest absolute Gasteiger partial charge is 0.492 e. The minimum Gasteiger partial charge on any atom is -0.390 e. The van der Waals surface area contributed by atoms with Crippen molar-refractivity contribution in [2.24, 2.45) is 0 Å². The number of allylic oxidation sites excluding steroid dienone is 1. The zero-order chi connectivity index (χ0) is 27.8. The predicted octanol–water partition coefficient (Wildman–Crippen LogP) is 4.11. The number of hydrogen-bond donors (Lipinski definition) is 4. The Morgan fingerprint density at radius 3 is 1.41 bits per heavy atom. The van der Waals surface area contributed by atoms with Gasteiger partial charge in [-0.05, 0) is 19.0 Å². The van der Waals surface area contributed by atoms with E-state index in [0.717, 1.165) is 0 Å². The second-order valence-corrected chi connectivity index (χ2v) is 8.63. The van der Waals surface area contributed by atoms with Gasteiger partial charge in [0.25, 0.3) is 0 Å². The molecular formula is C13H13F16NO3Si. The molecule has 0 aromatic heterocycles. The minimum absolute atomic E-state index is 0.371. The number of nitrogens with one attached hydrogen (secondary N) is 1. The van der Waals surface area contributed by atoms with Crippen molar-refractivity contribution in [2.75, 3.05) is 13.1 Å². The summed E-state index contributed by atoms with van der Waals surface area (Å²) in [5, 5.41) is 1.86. The van der Waals surface area contributed by atoms with Crippen LogP contribution in [0.5, 0.6) is 0 Å². The molecule has 0 unspecified atom stereocenters. The van der Waals surface area contributed by atoms with Gasteiger partial charge < -0.3 is 19.7 Å². The van der Waals surface area contributed by atoms with Gasteiger partial charge in [-0.1, -0.05) is 0 Å². The molecule has 4 nitrogen and oxygen atoms in total. The first-order chi connectivity index (χ1) is 14.6. The molecule has 0 radical (unpaired) electrons. The molecule has 0 aromatic rings. The third-order valence-electron chi connectivity index (χ3n) is 3.92. The van der Waals surface area contributed by atoms with Gasteiger partial charge in [0, 0.05) is 12.6 Å². The fourth-order valence-electron chi connectivity index (χ4n) is 1.96. The Morgan fingerprint density at radius 1 is 0.647 bits per heavy atom. The summed E-state index contributed by atoms with van der Waals surface area (Å²) >= 11 is 0. The highest BCUT2D eigenvalue weighted by atomic mass is 28.4. The maximum Gasteiger partial charge on any atom is 0.492 e. The Labute approximate surface area is 179 Å². The van der Waals surface area contributed by atoms with Gasteiger partial charge in [0.05, 0.1) is 0 Å². The van der Waals surface area contributed by atoms with Gasteiger partial charge in [0.1, 0.15) is 0 Å². The molecule has 0 rings (SSSR count). The van der Waals surface area contributed by atoms with Crippen LogP contribution in [0.15, 0.2) is 11.9 Å². The van der Waals surface area contributed by atoms with Gasteiger partial charge in [0.2, 0.25) is 0 Å². The maximum absolute atomic E-state index is 13.5. The Kier molecular flexibility index (Phi) is 9.24. The van der Waals surface area contributed by atoms with E-state index in [1.165, 1.54) is 0 Å². The quantitative estimate of drug-likeness (QED) is 0.164. The van der Waals surface area contributed by atoms with Crippen LogP contribution in [0.2, 0.25) is 6.04 Å². The first kappa shape index (κ1) is 32.7. The molecule has 34 heavy (non-hydrogen) atoms. The standard InChI is InChI=1S/C13H13F16NO3Si/c14-6(2-4-30-3-1-5-34(31,32)33)7(15,16)8(17,18)9(19,20)10(21,22)11(23,24)12(25,26)13(27,28)29/h2,30-33H,1,3-5H2/b6-2-. The van der Waals surface area contributed by atoms with Crippen molar-refractivity contribution in [3.05, 3.63) is 11.9 Å². The SMILES string of the molecule is O[Si](O)(O)CCCNC/C=C(\F)C(F)(F)C(F)(F)C(F)(F)C(F)(F)C(F)(F)C(F)(F)C(F)(F)F. The van der Waals surface area contributed by atoms with Crippen LogP contribution in [0.3, 0.4) is 0 Å². The lowest BCUT2D eigenvalue weighted by atomic mass is 9.90. The van der Waals surface area contributed by atoms with Crippen molar-refractivity contribution in [2.45, 2.75) is 54.2 Å². The van der Waals surface area contributed by atoms with Gasteiger partial charge in [-0.25, -0.2) is 4.39 Å². The molecular weight excluding hydrogens is 550 g/mol. The molecule has 0 atom stereocenters. The predicted molar refractivity (Wildman–Crippen MR) is 79.6 cm³/mol. The minimum atomic E-state index is -8.50. The molecule has 0 amide bonds.